The molecule has 0 saturated carbocycles. The number of aryl methyl sites for hydroxylation is 1. The van der Waals surface area contributed by atoms with Crippen molar-refractivity contribution < 1.29 is 0 Å². The largest absolute Gasteiger partial charge is 0.253 e. The first-order valence-corrected chi connectivity index (χ1v) is 6.58. The Bertz CT molecular complexity index is 511. The summed E-state index contributed by atoms with van der Waals surface area (Å²) < 4.78 is 0. The van der Waals surface area contributed by atoms with Crippen LogP contribution in [0.5, 0.6) is 0 Å². The number of pyridine rings is 1. The number of aromatic nitrogens is 1. The minimum atomic E-state index is 0.746. The van der Waals surface area contributed by atoms with Crippen molar-refractivity contribution in [2.24, 2.45) is 0 Å². The lowest BCUT2D eigenvalue weighted by molar-refractivity contribution is 1.20. The molecule has 1 nitrogen and oxygen atoms in total. The number of thioether (sulfide) groups is 1. The summed E-state index contributed by atoms with van der Waals surface area (Å²) >= 11 is 7.89. The summed E-state index contributed by atoms with van der Waals surface area (Å²) in [6.45, 7) is 1.98. The fourth-order valence-corrected chi connectivity index (χ4v) is 2.17. The zero-order valence-electron chi connectivity index (χ0n) is 9.20. The quantitative estimate of drug-likeness (QED) is 0.731. The molecule has 2 aromatic rings. The molecule has 0 bridgehead atoms. The molecule has 0 spiro atoms. The van der Waals surface area contributed by atoms with Crippen LogP contribution in [0.3, 0.4) is 0 Å². The maximum Gasteiger partial charge on any atom is 0.0720 e. The minimum absolute atomic E-state index is 0.746. The number of rotatable bonds is 2. The molecule has 0 saturated heterocycles. The molecule has 0 aliphatic heterocycles. The van der Waals surface area contributed by atoms with Crippen molar-refractivity contribution in [1.29, 1.82) is 0 Å². The molecule has 1 aromatic heterocycles. The van der Waals surface area contributed by atoms with E-state index in [0.29, 0.717) is 0 Å². The molecular weight excluding hydrogens is 238 g/mol. The number of nitrogens with zero attached hydrogens (tertiary/aromatic N) is 1. The molecule has 1 aromatic carbocycles. The van der Waals surface area contributed by atoms with Crippen molar-refractivity contribution in [2.45, 2.75) is 11.8 Å². The van der Waals surface area contributed by atoms with Gasteiger partial charge in [0.2, 0.25) is 0 Å². The monoisotopic (exact) mass is 249 g/mol. The number of hydrogen-bond acceptors (Lipinski definition) is 2. The van der Waals surface area contributed by atoms with Crippen molar-refractivity contribution >= 4 is 23.4 Å². The Kier molecular flexibility index (Phi) is 3.52. The number of hydrogen-bond donors (Lipinski definition) is 0. The molecule has 1 heterocycles. The highest BCUT2D eigenvalue weighted by Crippen LogP contribution is 2.30. The SMILES string of the molecule is CSc1ccc(Cl)c(-c2cccc(C)n2)c1. The molecule has 0 fully saturated rings. The van der Waals surface area contributed by atoms with Gasteiger partial charge in [0.25, 0.3) is 0 Å². The highest BCUT2D eigenvalue weighted by atomic mass is 35.5. The third kappa shape index (κ3) is 2.39. The number of halogens is 1. The molecule has 0 N–H and O–H groups in total. The Morgan fingerprint density at radius 1 is 1.19 bits per heavy atom. The first-order valence-electron chi connectivity index (χ1n) is 4.98. The molecule has 0 unspecified atom stereocenters. The summed E-state index contributed by atoms with van der Waals surface area (Å²) in [6, 6.07) is 12.0. The van der Waals surface area contributed by atoms with E-state index in [0.717, 1.165) is 22.0 Å². The highest BCUT2D eigenvalue weighted by molar-refractivity contribution is 7.98. The molecule has 0 aliphatic carbocycles. The van der Waals surface area contributed by atoms with Crippen molar-refractivity contribution in [3.8, 4) is 11.3 Å². The molecule has 0 atom stereocenters. The smallest absolute Gasteiger partial charge is 0.0720 e. The summed E-state index contributed by atoms with van der Waals surface area (Å²) in [7, 11) is 0. The van der Waals surface area contributed by atoms with Crippen molar-refractivity contribution in [3.05, 3.63) is 47.1 Å². The minimum Gasteiger partial charge on any atom is -0.253 e. The van der Waals surface area contributed by atoms with Gasteiger partial charge in [-0.2, -0.15) is 0 Å². The van der Waals surface area contributed by atoms with Crippen LogP contribution in [0.1, 0.15) is 5.69 Å². The molecule has 2 rings (SSSR count). The van der Waals surface area contributed by atoms with Crippen LogP contribution in [-0.2, 0) is 0 Å². The summed E-state index contributed by atoms with van der Waals surface area (Å²) in [4.78, 5) is 5.68. The third-order valence-corrected chi connectivity index (χ3v) is 3.39. The predicted molar refractivity (Wildman–Crippen MR) is 71.2 cm³/mol. The van der Waals surface area contributed by atoms with Crippen molar-refractivity contribution in [3.63, 3.8) is 0 Å². The molecule has 82 valence electrons. The van der Waals surface area contributed by atoms with Crippen LogP contribution in [-0.4, -0.2) is 11.2 Å². The molecule has 0 amide bonds. The van der Waals surface area contributed by atoms with Crippen LogP contribution >= 0.6 is 23.4 Å². The lowest BCUT2D eigenvalue weighted by atomic mass is 10.1. The second-order valence-corrected chi connectivity index (χ2v) is 4.80. The van der Waals surface area contributed by atoms with E-state index in [1.165, 1.54) is 4.90 Å². The predicted octanol–water partition coefficient (Wildman–Crippen LogP) is 4.43. The van der Waals surface area contributed by atoms with E-state index >= 15 is 0 Å². The van der Waals surface area contributed by atoms with Gasteiger partial charge in [-0.15, -0.1) is 11.8 Å². The second kappa shape index (κ2) is 4.89. The Labute approximate surface area is 105 Å². The molecule has 3 heteroatoms. The van der Waals surface area contributed by atoms with Gasteiger partial charge in [-0.3, -0.25) is 4.98 Å². The van der Waals surface area contributed by atoms with E-state index in [1.54, 1.807) is 11.8 Å². The number of benzene rings is 1. The third-order valence-electron chi connectivity index (χ3n) is 2.34. The van der Waals surface area contributed by atoms with Gasteiger partial charge in [0, 0.05) is 16.2 Å². The fraction of sp³-hybridized carbons (Fsp3) is 0.154. The van der Waals surface area contributed by atoms with E-state index in [2.05, 4.69) is 17.3 Å². The van der Waals surface area contributed by atoms with Gasteiger partial charge >= 0.3 is 0 Å². The highest BCUT2D eigenvalue weighted by Gasteiger charge is 2.05. The van der Waals surface area contributed by atoms with Gasteiger partial charge in [-0.05, 0) is 43.5 Å². The van der Waals surface area contributed by atoms with Gasteiger partial charge in [-0.25, -0.2) is 0 Å². The summed E-state index contributed by atoms with van der Waals surface area (Å²) in [5.41, 5.74) is 2.93. The Balaban J connectivity index is 2.54. The standard InChI is InChI=1S/C13H12ClNS/c1-9-4-3-5-13(15-9)11-8-10(16-2)6-7-12(11)14/h3-8H,1-2H3. The first kappa shape index (κ1) is 11.5. The average molecular weight is 250 g/mol. The van der Waals surface area contributed by atoms with Crippen LogP contribution in [0, 0.1) is 6.92 Å². The second-order valence-electron chi connectivity index (χ2n) is 3.51. The Morgan fingerprint density at radius 2 is 2.00 bits per heavy atom. The Hall–Kier alpha value is -0.990. The van der Waals surface area contributed by atoms with Crippen molar-refractivity contribution in [2.75, 3.05) is 6.26 Å². The summed E-state index contributed by atoms with van der Waals surface area (Å²) in [6.07, 6.45) is 2.05. The molecular formula is C13H12ClNS. The van der Waals surface area contributed by atoms with Crippen molar-refractivity contribution in [1.82, 2.24) is 4.98 Å². The van der Waals surface area contributed by atoms with E-state index in [1.807, 2.05) is 37.3 Å². The molecule has 0 aliphatic rings. The van der Waals surface area contributed by atoms with Crippen LogP contribution in [0.4, 0.5) is 0 Å². The zero-order chi connectivity index (χ0) is 11.5. The maximum atomic E-state index is 6.19. The van der Waals surface area contributed by atoms with E-state index in [4.69, 9.17) is 11.6 Å². The Morgan fingerprint density at radius 3 is 2.69 bits per heavy atom. The van der Waals surface area contributed by atoms with Gasteiger partial charge in [0.15, 0.2) is 0 Å². The lowest BCUT2D eigenvalue weighted by Gasteiger charge is -2.06. The topological polar surface area (TPSA) is 12.9 Å². The van der Waals surface area contributed by atoms with Gasteiger partial charge in [0.1, 0.15) is 0 Å². The van der Waals surface area contributed by atoms with Gasteiger partial charge in [-0.1, -0.05) is 17.7 Å². The van der Waals surface area contributed by atoms with E-state index in [-0.39, 0.29) is 0 Å². The average Bonchev–Trinajstić information content (AvgIpc) is 2.30. The van der Waals surface area contributed by atoms with Gasteiger partial charge < -0.3 is 0 Å². The van der Waals surface area contributed by atoms with Crippen LogP contribution in [0.15, 0.2) is 41.3 Å². The van der Waals surface area contributed by atoms with Gasteiger partial charge in [0.05, 0.1) is 10.7 Å². The van der Waals surface area contributed by atoms with Crippen LogP contribution in [0.2, 0.25) is 5.02 Å². The maximum absolute atomic E-state index is 6.19. The summed E-state index contributed by atoms with van der Waals surface area (Å²) in [5, 5.41) is 0.746. The van der Waals surface area contributed by atoms with E-state index < -0.39 is 0 Å². The molecule has 0 radical (unpaired) electrons. The van der Waals surface area contributed by atoms with Crippen LogP contribution < -0.4 is 0 Å². The van der Waals surface area contributed by atoms with Crippen LogP contribution in [0.25, 0.3) is 11.3 Å². The normalized spacial score (nSPS) is 10.4. The first-order chi connectivity index (χ1) is 7.70. The summed E-state index contributed by atoms with van der Waals surface area (Å²) in [5.74, 6) is 0. The lowest BCUT2D eigenvalue weighted by Crippen LogP contribution is -1.87. The fourth-order valence-electron chi connectivity index (χ4n) is 1.52. The molecule has 16 heavy (non-hydrogen) atoms. The zero-order valence-corrected chi connectivity index (χ0v) is 10.8. The van der Waals surface area contributed by atoms with E-state index in [9.17, 15) is 0 Å².